The number of nitrogens with two attached hydrogens (primary N) is 1. The quantitative estimate of drug-likeness (QED) is 0.710. The van der Waals surface area contributed by atoms with Crippen molar-refractivity contribution >= 4 is 17.0 Å². The third kappa shape index (κ3) is 2.09. The van der Waals surface area contributed by atoms with Gasteiger partial charge in [0.15, 0.2) is 17.0 Å². The molecule has 2 aromatic rings. The van der Waals surface area contributed by atoms with Crippen molar-refractivity contribution in [2.75, 3.05) is 19.5 Å². The highest BCUT2D eigenvalue weighted by Gasteiger charge is 2.47. The average Bonchev–Trinajstić information content (AvgIpc) is 3.08. The summed E-state index contributed by atoms with van der Waals surface area (Å²) in [5.41, 5.74) is 5.78. The standard InChI is InChI=1S/C13H19N5O4/c1-3-13(5-19)7(20)4-8(22-13)18-6-15-9-10(14)16-12(21-2)17-11(9)18/h6-8,19-20H,3-5H2,1-2H3,(H2,14,16,17)/t7-,8+,13+/m0/s1. The van der Waals surface area contributed by atoms with Gasteiger partial charge in [0, 0.05) is 6.42 Å². The zero-order valence-electron chi connectivity index (χ0n) is 12.4. The molecule has 2 aromatic heterocycles. The molecule has 3 rings (SSSR count). The summed E-state index contributed by atoms with van der Waals surface area (Å²) in [5.74, 6) is 0.211. The highest BCUT2D eigenvalue weighted by molar-refractivity contribution is 5.82. The van der Waals surface area contributed by atoms with Crippen LogP contribution < -0.4 is 10.5 Å². The van der Waals surface area contributed by atoms with Gasteiger partial charge in [0.2, 0.25) is 0 Å². The second-order valence-electron chi connectivity index (χ2n) is 5.32. The molecule has 1 fully saturated rings. The molecule has 3 heterocycles. The van der Waals surface area contributed by atoms with Gasteiger partial charge in [-0.25, -0.2) is 4.98 Å². The van der Waals surface area contributed by atoms with Gasteiger partial charge in [-0.1, -0.05) is 6.92 Å². The maximum atomic E-state index is 10.2. The number of rotatable bonds is 4. The Morgan fingerprint density at radius 1 is 1.55 bits per heavy atom. The van der Waals surface area contributed by atoms with Gasteiger partial charge >= 0.3 is 6.01 Å². The van der Waals surface area contributed by atoms with E-state index in [0.29, 0.717) is 24.0 Å². The number of ether oxygens (including phenoxy) is 2. The third-order valence-corrected chi connectivity index (χ3v) is 4.19. The summed E-state index contributed by atoms with van der Waals surface area (Å²) in [6, 6.07) is 0.134. The third-order valence-electron chi connectivity index (χ3n) is 4.19. The Morgan fingerprint density at radius 2 is 2.32 bits per heavy atom. The van der Waals surface area contributed by atoms with Gasteiger partial charge in [0.05, 0.1) is 26.1 Å². The largest absolute Gasteiger partial charge is 0.467 e. The first-order chi connectivity index (χ1) is 10.5. The van der Waals surface area contributed by atoms with Crippen molar-refractivity contribution in [2.45, 2.75) is 37.7 Å². The Bertz CT molecular complexity index is 684. The second kappa shape index (κ2) is 5.34. The molecule has 1 saturated heterocycles. The highest BCUT2D eigenvalue weighted by Crippen LogP contribution is 2.40. The van der Waals surface area contributed by atoms with Crippen LogP contribution in [0.1, 0.15) is 26.0 Å². The predicted molar refractivity (Wildman–Crippen MR) is 77.1 cm³/mol. The lowest BCUT2D eigenvalue weighted by molar-refractivity contribution is -0.128. The van der Waals surface area contributed by atoms with Crippen LogP contribution >= 0.6 is 0 Å². The molecule has 0 amide bonds. The number of nitrogen functional groups attached to an aromatic ring is 1. The predicted octanol–water partition coefficient (Wildman–Crippen LogP) is -0.162. The van der Waals surface area contributed by atoms with Crippen LogP contribution in [0.3, 0.4) is 0 Å². The van der Waals surface area contributed by atoms with E-state index < -0.39 is 17.9 Å². The minimum absolute atomic E-state index is 0.134. The summed E-state index contributed by atoms with van der Waals surface area (Å²) in [5, 5.41) is 19.8. The van der Waals surface area contributed by atoms with E-state index in [0.717, 1.165) is 0 Å². The molecule has 22 heavy (non-hydrogen) atoms. The number of aromatic nitrogens is 4. The van der Waals surface area contributed by atoms with Crippen molar-refractivity contribution < 1.29 is 19.7 Å². The number of methoxy groups -OCH3 is 1. The van der Waals surface area contributed by atoms with Crippen molar-refractivity contribution in [2.24, 2.45) is 0 Å². The normalized spacial score (nSPS) is 28.4. The fourth-order valence-corrected chi connectivity index (χ4v) is 2.77. The summed E-state index contributed by atoms with van der Waals surface area (Å²) in [6.07, 6.45) is 1.09. The van der Waals surface area contributed by atoms with E-state index in [1.54, 1.807) is 4.57 Å². The summed E-state index contributed by atoms with van der Waals surface area (Å²) >= 11 is 0. The number of aliphatic hydroxyl groups is 2. The molecule has 0 unspecified atom stereocenters. The Balaban J connectivity index is 2.03. The molecule has 0 bridgehead atoms. The van der Waals surface area contributed by atoms with Crippen molar-refractivity contribution in [3.63, 3.8) is 0 Å². The van der Waals surface area contributed by atoms with Crippen LogP contribution in [-0.4, -0.2) is 55.2 Å². The molecule has 1 aliphatic rings. The Kier molecular flexibility index (Phi) is 3.63. The van der Waals surface area contributed by atoms with Crippen LogP contribution in [0.2, 0.25) is 0 Å². The Hall–Kier alpha value is -1.97. The first kappa shape index (κ1) is 14.9. The van der Waals surface area contributed by atoms with E-state index in [1.165, 1.54) is 13.4 Å². The van der Waals surface area contributed by atoms with Crippen LogP contribution in [0.25, 0.3) is 11.2 Å². The number of aliphatic hydroxyl groups excluding tert-OH is 2. The molecule has 0 saturated carbocycles. The molecule has 1 aliphatic heterocycles. The van der Waals surface area contributed by atoms with Gasteiger partial charge in [-0.2, -0.15) is 9.97 Å². The number of nitrogens with zero attached hydrogens (tertiary/aromatic N) is 4. The molecule has 120 valence electrons. The van der Waals surface area contributed by atoms with E-state index in [9.17, 15) is 10.2 Å². The van der Waals surface area contributed by atoms with E-state index in [1.807, 2.05) is 6.92 Å². The molecule has 0 aromatic carbocycles. The second-order valence-corrected chi connectivity index (χ2v) is 5.32. The molecule has 0 aliphatic carbocycles. The van der Waals surface area contributed by atoms with E-state index in [2.05, 4.69) is 15.0 Å². The van der Waals surface area contributed by atoms with Crippen LogP contribution in [0.15, 0.2) is 6.33 Å². The van der Waals surface area contributed by atoms with Crippen LogP contribution in [0.4, 0.5) is 5.82 Å². The zero-order chi connectivity index (χ0) is 15.9. The molecule has 0 spiro atoms. The molecule has 0 radical (unpaired) electrons. The maximum absolute atomic E-state index is 10.2. The summed E-state index contributed by atoms with van der Waals surface area (Å²) in [7, 11) is 1.45. The number of hydrogen-bond donors (Lipinski definition) is 3. The van der Waals surface area contributed by atoms with Crippen molar-refractivity contribution in [3.8, 4) is 6.01 Å². The van der Waals surface area contributed by atoms with Crippen LogP contribution in [0, 0.1) is 0 Å². The van der Waals surface area contributed by atoms with E-state index >= 15 is 0 Å². The lowest BCUT2D eigenvalue weighted by Crippen LogP contribution is -2.42. The van der Waals surface area contributed by atoms with Gasteiger partial charge in [-0.05, 0) is 6.42 Å². The van der Waals surface area contributed by atoms with E-state index in [4.69, 9.17) is 15.2 Å². The maximum Gasteiger partial charge on any atom is 0.320 e. The molecule has 3 atom stereocenters. The van der Waals surface area contributed by atoms with Crippen molar-refractivity contribution in [1.29, 1.82) is 0 Å². The lowest BCUT2D eigenvalue weighted by Gasteiger charge is -2.28. The van der Waals surface area contributed by atoms with Crippen molar-refractivity contribution in [3.05, 3.63) is 6.33 Å². The van der Waals surface area contributed by atoms with Crippen molar-refractivity contribution in [1.82, 2.24) is 19.5 Å². The SMILES string of the molecule is CC[C@]1(CO)O[C@@H](n2cnc3c(N)nc(OC)nc32)C[C@@H]1O. The monoisotopic (exact) mass is 309 g/mol. The number of imidazole rings is 1. The number of anilines is 1. The summed E-state index contributed by atoms with van der Waals surface area (Å²) in [4.78, 5) is 12.4. The topological polar surface area (TPSA) is 129 Å². The fourth-order valence-electron chi connectivity index (χ4n) is 2.77. The minimum atomic E-state index is -0.968. The first-order valence-corrected chi connectivity index (χ1v) is 7.05. The van der Waals surface area contributed by atoms with Crippen LogP contribution in [-0.2, 0) is 4.74 Å². The lowest BCUT2D eigenvalue weighted by atomic mass is 9.95. The van der Waals surface area contributed by atoms with Gasteiger partial charge in [-0.3, -0.25) is 4.57 Å². The minimum Gasteiger partial charge on any atom is -0.467 e. The Labute approximate surface area is 126 Å². The summed E-state index contributed by atoms with van der Waals surface area (Å²) in [6.45, 7) is 1.60. The van der Waals surface area contributed by atoms with Crippen LogP contribution in [0.5, 0.6) is 6.01 Å². The smallest absolute Gasteiger partial charge is 0.320 e. The van der Waals surface area contributed by atoms with Gasteiger partial charge < -0.3 is 25.4 Å². The number of hydrogen-bond acceptors (Lipinski definition) is 8. The van der Waals surface area contributed by atoms with Gasteiger partial charge in [0.1, 0.15) is 11.8 Å². The molecule has 9 heteroatoms. The highest BCUT2D eigenvalue weighted by atomic mass is 16.6. The molecular formula is C13H19N5O4. The van der Waals surface area contributed by atoms with Gasteiger partial charge in [0.25, 0.3) is 0 Å². The number of fused-ring (bicyclic) bond motifs is 1. The summed E-state index contributed by atoms with van der Waals surface area (Å²) < 4.78 is 12.6. The first-order valence-electron chi connectivity index (χ1n) is 7.05. The van der Waals surface area contributed by atoms with Gasteiger partial charge in [-0.15, -0.1) is 0 Å². The molecular weight excluding hydrogens is 290 g/mol. The Morgan fingerprint density at radius 3 is 2.91 bits per heavy atom. The molecule has 4 N–H and O–H groups in total. The molecule has 9 nitrogen and oxygen atoms in total. The average molecular weight is 309 g/mol. The van der Waals surface area contributed by atoms with E-state index in [-0.39, 0.29) is 18.4 Å². The fraction of sp³-hybridized carbons (Fsp3) is 0.615. The zero-order valence-corrected chi connectivity index (χ0v) is 12.4.